The normalized spacial score (nSPS) is 13.8. The van der Waals surface area contributed by atoms with Crippen molar-refractivity contribution in [2.75, 3.05) is 16.4 Å². The number of carbonyl (C=O) groups is 1. The first-order chi connectivity index (χ1) is 11.6. The minimum Gasteiger partial charge on any atom is -0.397 e. The van der Waals surface area contributed by atoms with E-state index in [2.05, 4.69) is 20.6 Å². The Morgan fingerprint density at radius 1 is 1.21 bits per heavy atom. The lowest BCUT2D eigenvalue weighted by atomic mass is 10.2. The van der Waals surface area contributed by atoms with E-state index in [1.165, 1.54) is 11.3 Å². The molecule has 1 saturated carbocycles. The number of para-hydroxylation sites is 1. The zero-order valence-corrected chi connectivity index (χ0v) is 13.6. The van der Waals surface area contributed by atoms with Crippen molar-refractivity contribution < 1.29 is 4.79 Å². The minimum absolute atomic E-state index is 0.305. The molecule has 24 heavy (non-hydrogen) atoms. The third-order valence-corrected chi connectivity index (χ3v) is 4.87. The average molecular weight is 340 g/mol. The molecule has 0 radical (unpaired) electrons. The number of hydrogen-bond acceptors (Lipinski definition) is 7. The summed E-state index contributed by atoms with van der Waals surface area (Å²) in [5, 5.41) is 7.16. The number of benzene rings is 1. The molecule has 0 spiro atoms. The number of nitrogens with zero attached hydrogens (tertiary/aromatic N) is 2. The van der Waals surface area contributed by atoms with E-state index < -0.39 is 5.91 Å². The van der Waals surface area contributed by atoms with Gasteiger partial charge in [-0.15, -0.1) is 11.3 Å². The van der Waals surface area contributed by atoms with Crippen LogP contribution in [-0.2, 0) is 0 Å². The molecule has 0 bridgehead atoms. The second kappa shape index (κ2) is 5.64. The van der Waals surface area contributed by atoms with E-state index in [4.69, 9.17) is 11.5 Å². The summed E-state index contributed by atoms with van der Waals surface area (Å²) in [5.41, 5.74) is 12.7. The van der Waals surface area contributed by atoms with Crippen LogP contribution < -0.4 is 22.1 Å². The number of hydrogen-bond donors (Lipinski definition) is 4. The molecule has 0 saturated heterocycles. The summed E-state index contributed by atoms with van der Waals surface area (Å²) in [5.74, 6) is 0.536. The molecule has 0 unspecified atom stereocenters. The Morgan fingerprint density at radius 2 is 1.96 bits per heavy atom. The summed E-state index contributed by atoms with van der Waals surface area (Å²) in [6, 6.07) is 10.1. The fourth-order valence-corrected chi connectivity index (χ4v) is 3.38. The van der Waals surface area contributed by atoms with Crippen molar-refractivity contribution in [2.45, 2.75) is 18.9 Å². The van der Waals surface area contributed by atoms with E-state index >= 15 is 0 Å². The molecule has 1 aromatic carbocycles. The van der Waals surface area contributed by atoms with Gasteiger partial charge in [0.15, 0.2) is 0 Å². The number of nitrogen functional groups attached to an aromatic ring is 1. The molecule has 2 heterocycles. The third kappa shape index (κ3) is 2.71. The zero-order chi connectivity index (χ0) is 16.7. The third-order valence-electron chi connectivity index (χ3n) is 3.76. The van der Waals surface area contributed by atoms with Gasteiger partial charge in [0.2, 0.25) is 5.95 Å². The second-order valence-electron chi connectivity index (χ2n) is 5.69. The minimum atomic E-state index is -0.558. The number of anilines is 4. The molecular weight excluding hydrogens is 324 g/mol. The molecule has 1 aliphatic carbocycles. The van der Waals surface area contributed by atoms with E-state index in [9.17, 15) is 4.79 Å². The molecule has 3 aromatic rings. The van der Waals surface area contributed by atoms with Crippen LogP contribution >= 0.6 is 11.3 Å². The Kier molecular flexibility index (Phi) is 3.46. The highest BCUT2D eigenvalue weighted by molar-refractivity contribution is 7.21. The number of primary amides is 1. The highest BCUT2D eigenvalue weighted by atomic mass is 32.1. The molecule has 6 N–H and O–H groups in total. The van der Waals surface area contributed by atoms with Crippen molar-refractivity contribution >= 4 is 50.6 Å². The summed E-state index contributed by atoms with van der Waals surface area (Å²) < 4.78 is 0. The van der Waals surface area contributed by atoms with Gasteiger partial charge >= 0.3 is 0 Å². The first-order valence-corrected chi connectivity index (χ1v) is 8.42. The van der Waals surface area contributed by atoms with Crippen LogP contribution in [0.25, 0.3) is 10.2 Å². The SMILES string of the molecule is NC(=O)c1sc2nc(NC3CC3)nc(Nc3ccccc3)c2c1N. The van der Waals surface area contributed by atoms with Gasteiger partial charge in [0.1, 0.15) is 15.5 Å². The van der Waals surface area contributed by atoms with E-state index in [-0.39, 0.29) is 0 Å². The molecule has 122 valence electrons. The number of nitrogens with two attached hydrogens (primary N) is 2. The van der Waals surface area contributed by atoms with Gasteiger partial charge in [0.25, 0.3) is 5.91 Å². The number of amides is 1. The van der Waals surface area contributed by atoms with Crippen LogP contribution in [0.1, 0.15) is 22.5 Å². The summed E-state index contributed by atoms with van der Waals surface area (Å²) in [6.45, 7) is 0. The maximum atomic E-state index is 11.6. The van der Waals surface area contributed by atoms with Gasteiger partial charge in [0.05, 0.1) is 11.1 Å². The molecule has 1 fully saturated rings. The van der Waals surface area contributed by atoms with Crippen molar-refractivity contribution in [3.63, 3.8) is 0 Å². The molecule has 7 nitrogen and oxygen atoms in total. The maximum Gasteiger partial charge on any atom is 0.260 e. The molecular formula is C16H16N6OS. The smallest absolute Gasteiger partial charge is 0.260 e. The lowest BCUT2D eigenvalue weighted by Gasteiger charge is -2.10. The Balaban J connectivity index is 1.85. The highest BCUT2D eigenvalue weighted by Crippen LogP contribution is 2.38. The predicted molar refractivity (Wildman–Crippen MR) is 96.7 cm³/mol. The Hall–Kier alpha value is -2.87. The van der Waals surface area contributed by atoms with E-state index in [0.29, 0.717) is 38.6 Å². The van der Waals surface area contributed by atoms with Crippen LogP contribution in [0.15, 0.2) is 30.3 Å². The van der Waals surface area contributed by atoms with E-state index in [1.54, 1.807) is 0 Å². The van der Waals surface area contributed by atoms with E-state index in [0.717, 1.165) is 18.5 Å². The quantitative estimate of drug-likeness (QED) is 0.567. The average Bonchev–Trinajstić information content (AvgIpc) is 3.30. The largest absolute Gasteiger partial charge is 0.397 e. The van der Waals surface area contributed by atoms with Crippen LogP contribution in [0.2, 0.25) is 0 Å². The molecule has 1 aliphatic rings. The van der Waals surface area contributed by atoms with Crippen molar-refractivity contribution in [1.82, 2.24) is 9.97 Å². The molecule has 8 heteroatoms. The lowest BCUT2D eigenvalue weighted by molar-refractivity contribution is 0.100. The zero-order valence-electron chi connectivity index (χ0n) is 12.7. The van der Waals surface area contributed by atoms with Crippen molar-refractivity contribution in [2.24, 2.45) is 5.73 Å². The van der Waals surface area contributed by atoms with Crippen LogP contribution in [-0.4, -0.2) is 21.9 Å². The summed E-state index contributed by atoms with van der Waals surface area (Å²) in [4.78, 5) is 21.6. The van der Waals surface area contributed by atoms with Crippen LogP contribution in [0.5, 0.6) is 0 Å². The number of aromatic nitrogens is 2. The topological polar surface area (TPSA) is 119 Å². The van der Waals surface area contributed by atoms with Gasteiger partial charge in [-0.25, -0.2) is 4.98 Å². The summed E-state index contributed by atoms with van der Waals surface area (Å²) in [7, 11) is 0. The van der Waals surface area contributed by atoms with E-state index in [1.807, 2.05) is 30.3 Å². The summed E-state index contributed by atoms with van der Waals surface area (Å²) in [6.07, 6.45) is 2.23. The standard InChI is InChI=1S/C16H16N6OS/c17-11-10-14(19-8-4-2-1-3-5-8)21-16(20-9-6-7-9)22-15(10)24-12(11)13(18)23/h1-5,9H,6-7,17H2,(H2,18,23)(H2,19,20,21,22). The highest BCUT2D eigenvalue weighted by Gasteiger charge is 2.24. The lowest BCUT2D eigenvalue weighted by Crippen LogP contribution is -2.11. The number of carbonyl (C=O) groups excluding carboxylic acids is 1. The van der Waals surface area contributed by atoms with Crippen molar-refractivity contribution in [3.05, 3.63) is 35.2 Å². The number of rotatable bonds is 5. The molecule has 0 aliphatic heterocycles. The van der Waals surface area contributed by atoms with Gasteiger partial charge in [-0.1, -0.05) is 18.2 Å². The first-order valence-electron chi connectivity index (χ1n) is 7.60. The van der Waals surface area contributed by atoms with Gasteiger partial charge in [-0.2, -0.15) is 4.98 Å². The maximum absolute atomic E-state index is 11.6. The molecule has 4 rings (SSSR count). The van der Waals surface area contributed by atoms with Crippen LogP contribution in [0.4, 0.5) is 23.1 Å². The monoisotopic (exact) mass is 340 g/mol. The van der Waals surface area contributed by atoms with Crippen molar-refractivity contribution in [1.29, 1.82) is 0 Å². The Morgan fingerprint density at radius 3 is 2.62 bits per heavy atom. The first kappa shape index (κ1) is 14.7. The number of nitrogens with one attached hydrogen (secondary N) is 2. The fraction of sp³-hybridized carbons (Fsp3) is 0.188. The van der Waals surface area contributed by atoms with Crippen LogP contribution in [0, 0.1) is 0 Å². The van der Waals surface area contributed by atoms with Gasteiger partial charge in [-0.3, -0.25) is 4.79 Å². The number of thiophene rings is 1. The van der Waals surface area contributed by atoms with Gasteiger partial charge in [-0.05, 0) is 25.0 Å². The Bertz CT molecular complexity index is 919. The Labute approximate surface area is 142 Å². The van der Waals surface area contributed by atoms with Crippen molar-refractivity contribution in [3.8, 4) is 0 Å². The second-order valence-corrected chi connectivity index (χ2v) is 6.69. The molecule has 0 atom stereocenters. The van der Waals surface area contributed by atoms with Gasteiger partial charge < -0.3 is 22.1 Å². The van der Waals surface area contributed by atoms with Crippen LogP contribution in [0.3, 0.4) is 0 Å². The van der Waals surface area contributed by atoms with Gasteiger partial charge in [0, 0.05) is 11.7 Å². The molecule has 1 amide bonds. The fourth-order valence-electron chi connectivity index (χ4n) is 2.43. The summed E-state index contributed by atoms with van der Waals surface area (Å²) >= 11 is 1.19. The predicted octanol–water partition coefficient (Wildman–Crippen LogP) is 2.69. The molecule has 2 aromatic heterocycles. The number of fused-ring (bicyclic) bond motifs is 1.